The van der Waals surface area contributed by atoms with Gasteiger partial charge in [-0.2, -0.15) is 0 Å². The van der Waals surface area contributed by atoms with Crippen molar-refractivity contribution >= 4 is 0 Å². The van der Waals surface area contributed by atoms with Crippen LogP contribution in [0.4, 0.5) is 0 Å². The van der Waals surface area contributed by atoms with Crippen LogP contribution in [-0.4, -0.2) is 37.3 Å². The highest BCUT2D eigenvalue weighted by Crippen LogP contribution is 2.66. The molecule has 1 heterocycles. The SMILES string of the molecule is COC1=C2CC[C@@H]3[C@H](CC[C@]4(C)C(OC5CCCCO5)CC[C@@H]34)[C@@]2(C)CCC1O. The van der Waals surface area contributed by atoms with Gasteiger partial charge in [0.25, 0.3) is 0 Å². The van der Waals surface area contributed by atoms with Gasteiger partial charge in [-0.25, -0.2) is 0 Å². The highest BCUT2D eigenvalue weighted by molar-refractivity contribution is 5.29. The second-order valence-corrected chi connectivity index (χ2v) is 11.0. The fourth-order valence-corrected chi connectivity index (χ4v) is 8.25. The van der Waals surface area contributed by atoms with Crippen LogP contribution in [0.5, 0.6) is 0 Å². The zero-order valence-corrected chi connectivity index (χ0v) is 18.6. The topological polar surface area (TPSA) is 47.9 Å². The summed E-state index contributed by atoms with van der Waals surface area (Å²) in [5, 5.41) is 10.5. The molecule has 1 saturated heterocycles. The molecule has 0 aromatic heterocycles. The number of fused-ring (bicyclic) bond motifs is 5. The maximum atomic E-state index is 10.5. The number of aliphatic hydroxyl groups excluding tert-OH is 1. The maximum Gasteiger partial charge on any atom is 0.157 e. The smallest absolute Gasteiger partial charge is 0.157 e. The molecule has 3 saturated carbocycles. The van der Waals surface area contributed by atoms with Crippen LogP contribution in [0.3, 0.4) is 0 Å². The average molecular weight is 405 g/mol. The van der Waals surface area contributed by atoms with Crippen molar-refractivity contribution < 1.29 is 19.3 Å². The third-order valence-electron chi connectivity index (χ3n) is 9.80. The van der Waals surface area contributed by atoms with Gasteiger partial charge in [-0.05, 0) is 105 Å². The van der Waals surface area contributed by atoms with Crippen molar-refractivity contribution in [2.75, 3.05) is 13.7 Å². The second-order valence-electron chi connectivity index (χ2n) is 11.0. The lowest BCUT2D eigenvalue weighted by Gasteiger charge is -2.58. The summed E-state index contributed by atoms with van der Waals surface area (Å²) >= 11 is 0. The molecule has 0 amide bonds. The first-order valence-electron chi connectivity index (χ1n) is 12.2. The molecule has 4 aliphatic carbocycles. The van der Waals surface area contributed by atoms with E-state index < -0.39 is 6.10 Å². The second kappa shape index (κ2) is 7.53. The van der Waals surface area contributed by atoms with Gasteiger partial charge >= 0.3 is 0 Å². The molecule has 1 aliphatic heterocycles. The molecule has 8 atom stereocenters. The summed E-state index contributed by atoms with van der Waals surface area (Å²) in [7, 11) is 1.74. The van der Waals surface area contributed by atoms with Crippen molar-refractivity contribution in [1.29, 1.82) is 0 Å². The molecule has 164 valence electrons. The number of hydrogen-bond acceptors (Lipinski definition) is 4. The molecule has 29 heavy (non-hydrogen) atoms. The van der Waals surface area contributed by atoms with Crippen LogP contribution in [-0.2, 0) is 14.2 Å². The maximum absolute atomic E-state index is 10.5. The monoisotopic (exact) mass is 404 g/mol. The summed E-state index contributed by atoms with van der Waals surface area (Å²) in [5.41, 5.74) is 1.95. The lowest BCUT2D eigenvalue weighted by molar-refractivity contribution is -0.216. The van der Waals surface area contributed by atoms with E-state index in [-0.39, 0.29) is 11.7 Å². The van der Waals surface area contributed by atoms with Crippen LogP contribution in [0.25, 0.3) is 0 Å². The van der Waals surface area contributed by atoms with Gasteiger partial charge in [0.2, 0.25) is 0 Å². The van der Waals surface area contributed by atoms with Gasteiger partial charge in [0.15, 0.2) is 6.29 Å². The van der Waals surface area contributed by atoms with Crippen LogP contribution in [0.15, 0.2) is 11.3 Å². The van der Waals surface area contributed by atoms with E-state index in [0.29, 0.717) is 11.5 Å². The normalized spacial score (nSPS) is 49.9. The first-order valence-corrected chi connectivity index (χ1v) is 12.2. The zero-order chi connectivity index (χ0) is 20.2. The standard InChI is InChI=1S/C25H40O4/c1-24-14-12-20(26)23(27-3)19(24)8-7-16-17-9-10-21(25(17,2)13-11-18(16)24)29-22-6-4-5-15-28-22/h16-18,20-22,26H,4-15H2,1-3H3/t16-,17-,18-,20?,21?,22?,24+,25-/m0/s1. The minimum absolute atomic E-state index is 0.0320. The van der Waals surface area contributed by atoms with E-state index in [4.69, 9.17) is 14.2 Å². The molecule has 4 nitrogen and oxygen atoms in total. The Balaban J connectivity index is 1.37. The summed E-state index contributed by atoms with van der Waals surface area (Å²) in [6.07, 6.45) is 12.9. The van der Waals surface area contributed by atoms with Crippen molar-refractivity contribution in [1.82, 2.24) is 0 Å². The number of methoxy groups -OCH3 is 1. The molecule has 4 heteroatoms. The average Bonchev–Trinajstić information content (AvgIpc) is 3.05. The molecular formula is C25H40O4. The Morgan fingerprint density at radius 2 is 1.83 bits per heavy atom. The fourth-order valence-electron chi connectivity index (χ4n) is 8.25. The predicted molar refractivity (Wildman–Crippen MR) is 112 cm³/mol. The Hall–Kier alpha value is -0.580. The molecule has 0 spiro atoms. The van der Waals surface area contributed by atoms with E-state index in [0.717, 1.165) is 55.8 Å². The molecule has 0 aromatic rings. The fraction of sp³-hybridized carbons (Fsp3) is 0.920. The number of aliphatic hydroxyl groups is 1. The highest BCUT2D eigenvalue weighted by atomic mass is 16.7. The van der Waals surface area contributed by atoms with Crippen LogP contribution in [0.2, 0.25) is 0 Å². The third-order valence-corrected chi connectivity index (χ3v) is 9.80. The molecule has 0 aromatic carbocycles. The Morgan fingerprint density at radius 1 is 0.966 bits per heavy atom. The van der Waals surface area contributed by atoms with Crippen LogP contribution < -0.4 is 0 Å². The summed E-state index contributed by atoms with van der Waals surface area (Å²) in [4.78, 5) is 0. The molecule has 0 bridgehead atoms. The van der Waals surface area contributed by atoms with Gasteiger partial charge in [-0.15, -0.1) is 0 Å². The Morgan fingerprint density at radius 3 is 2.59 bits per heavy atom. The number of ether oxygens (including phenoxy) is 3. The summed E-state index contributed by atoms with van der Waals surface area (Å²) in [6, 6.07) is 0. The van der Waals surface area contributed by atoms with Crippen LogP contribution in [0.1, 0.15) is 84.5 Å². The van der Waals surface area contributed by atoms with Gasteiger partial charge < -0.3 is 19.3 Å². The minimum Gasteiger partial charge on any atom is -0.498 e. The van der Waals surface area contributed by atoms with E-state index >= 15 is 0 Å². The molecule has 5 rings (SSSR count). The van der Waals surface area contributed by atoms with Crippen molar-refractivity contribution in [3.63, 3.8) is 0 Å². The Kier molecular flexibility index (Phi) is 5.28. The molecule has 4 fully saturated rings. The molecule has 5 aliphatic rings. The zero-order valence-electron chi connectivity index (χ0n) is 18.6. The van der Waals surface area contributed by atoms with Crippen LogP contribution >= 0.6 is 0 Å². The summed E-state index contributed by atoms with van der Waals surface area (Å²) < 4.78 is 18.2. The molecular weight excluding hydrogens is 364 g/mol. The van der Waals surface area contributed by atoms with E-state index in [1.54, 1.807) is 7.11 Å². The molecule has 0 radical (unpaired) electrons. The number of rotatable bonds is 3. The first kappa shape index (κ1) is 20.3. The van der Waals surface area contributed by atoms with E-state index in [2.05, 4.69) is 13.8 Å². The van der Waals surface area contributed by atoms with Crippen molar-refractivity contribution in [2.24, 2.45) is 28.6 Å². The van der Waals surface area contributed by atoms with Gasteiger partial charge in [-0.1, -0.05) is 13.8 Å². The Bertz CT molecular complexity index is 653. The molecule has 1 N–H and O–H groups in total. The number of hydrogen-bond donors (Lipinski definition) is 1. The number of allylic oxidation sites excluding steroid dienone is 1. The van der Waals surface area contributed by atoms with E-state index in [1.807, 2.05) is 0 Å². The highest BCUT2D eigenvalue weighted by Gasteiger charge is 2.60. The Labute approximate surface area is 176 Å². The van der Waals surface area contributed by atoms with Gasteiger partial charge in [0.1, 0.15) is 11.9 Å². The quantitative estimate of drug-likeness (QED) is 0.703. The van der Waals surface area contributed by atoms with Gasteiger partial charge in [0, 0.05) is 6.61 Å². The summed E-state index contributed by atoms with van der Waals surface area (Å²) in [6.45, 7) is 5.86. The van der Waals surface area contributed by atoms with E-state index in [1.165, 1.54) is 50.5 Å². The van der Waals surface area contributed by atoms with Gasteiger partial charge in [0.05, 0.1) is 13.2 Å². The first-order chi connectivity index (χ1) is 14.0. The molecule has 3 unspecified atom stereocenters. The third kappa shape index (κ3) is 3.11. The van der Waals surface area contributed by atoms with E-state index in [9.17, 15) is 5.11 Å². The largest absolute Gasteiger partial charge is 0.498 e. The van der Waals surface area contributed by atoms with Crippen molar-refractivity contribution in [3.8, 4) is 0 Å². The summed E-state index contributed by atoms with van der Waals surface area (Å²) in [5.74, 6) is 3.18. The minimum atomic E-state index is -0.395. The van der Waals surface area contributed by atoms with Crippen LogP contribution in [0, 0.1) is 28.6 Å². The lowest BCUT2D eigenvalue weighted by atomic mass is 9.47. The van der Waals surface area contributed by atoms with Crippen molar-refractivity contribution in [2.45, 2.75) is 103 Å². The lowest BCUT2D eigenvalue weighted by Crippen LogP contribution is -2.52. The predicted octanol–water partition coefficient (Wildman–Crippen LogP) is 5.20. The van der Waals surface area contributed by atoms with Crippen molar-refractivity contribution in [3.05, 3.63) is 11.3 Å². The van der Waals surface area contributed by atoms with Gasteiger partial charge in [-0.3, -0.25) is 0 Å².